The molecular weight excluding hydrogens is 396 g/mol. The van der Waals surface area contributed by atoms with Crippen molar-refractivity contribution in [2.45, 2.75) is 39.5 Å². The monoisotopic (exact) mass is 419 g/mol. The van der Waals surface area contributed by atoms with Gasteiger partial charge in [0.15, 0.2) is 6.10 Å². The van der Waals surface area contributed by atoms with Crippen molar-refractivity contribution in [2.24, 2.45) is 0 Å². The molecule has 0 radical (unpaired) electrons. The fourth-order valence-electron chi connectivity index (χ4n) is 2.38. The number of benzene rings is 2. The van der Waals surface area contributed by atoms with Gasteiger partial charge in [-0.2, -0.15) is 0 Å². The summed E-state index contributed by atoms with van der Waals surface area (Å²) in [5.74, 6) is -3.52. The Balaban J connectivity index is 1.90. The van der Waals surface area contributed by atoms with Crippen LogP contribution in [0.4, 0.5) is 19.3 Å². The number of hydrogen-bond acceptors (Lipinski definition) is 4. The molecule has 160 valence electrons. The second-order valence-corrected chi connectivity index (χ2v) is 6.81. The van der Waals surface area contributed by atoms with Gasteiger partial charge in [0, 0.05) is 12.6 Å². The highest BCUT2D eigenvalue weighted by Gasteiger charge is 2.21. The van der Waals surface area contributed by atoms with E-state index in [-0.39, 0.29) is 24.2 Å². The summed E-state index contributed by atoms with van der Waals surface area (Å²) in [6.07, 6.45) is -1.28. The second kappa shape index (κ2) is 10.3. The minimum atomic E-state index is -1.28. The van der Waals surface area contributed by atoms with E-state index in [1.54, 1.807) is 12.1 Å². The zero-order valence-corrected chi connectivity index (χ0v) is 16.8. The van der Waals surface area contributed by atoms with Crippen molar-refractivity contribution >= 4 is 23.6 Å². The third-order valence-electron chi connectivity index (χ3n) is 3.93. The van der Waals surface area contributed by atoms with Crippen molar-refractivity contribution in [1.29, 1.82) is 0 Å². The number of anilines is 1. The summed E-state index contributed by atoms with van der Waals surface area (Å²) >= 11 is 0. The molecule has 0 heterocycles. The van der Waals surface area contributed by atoms with Crippen molar-refractivity contribution in [3.8, 4) is 0 Å². The van der Waals surface area contributed by atoms with Crippen LogP contribution in [0.5, 0.6) is 0 Å². The van der Waals surface area contributed by atoms with E-state index in [0.717, 1.165) is 17.7 Å². The lowest BCUT2D eigenvalue weighted by atomic mass is 10.1. The summed E-state index contributed by atoms with van der Waals surface area (Å²) in [5.41, 5.74) is 0.331. The molecule has 9 heteroatoms. The van der Waals surface area contributed by atoms with Gasteiger partial charge in [0.05, 0.1) is 5.56 Å². The number of carbonyl (C=O) groups is 3. The van der Waals surface area contributed by atoms with Crippen molar-refractivity contribution in [2.75, 3.05) is 5.32 Å². The number of rotatable bonds is 7. The molecule has 7 nitrogen and oxygen atoms in total. The van der Waals surface area contributed by atoms with E-state index in [9.17, 15) is 23.2 Å². The molecule has 0 bridgehead atoms. The minimum absolute atomic E-state index is 0.0104. The number of ether oxygens (including phenoxy) is 1. The molecule has 0 aliphatic heterocycles. The summed E-state index contributed by atoms with van der Waals surface area (Å²) in [7, 11) is 0. The van der Waals surface area contributed by atoms with E-state index in [2.05, 4.69) is 16.0 Å². The van der Waals surface area contributed by atoms with E-state index in [0.29, 0.717) is 0 Å². The third-order valence-corrected chi connectivity index (χ3v) is 3.93. The van der Waals surface area contributed by atoms with Crippen LogP contribution < -0.4 is 16.0 Å². The van der Waals surface area contributed by atoms with Gasteiger partial charge in [-0.3, -0.25) is 4.79 Å². The molecule has 0 saturated heterocycles. The second-order valence-electron chi connectivity index (χ2n) is 6.81. The number of halogens is 2. The number of urea groups is 1. The van der Waals surface area contributed by atoms with E-state index in [1.807, 2.05) is 13.8 Å². The van der Waals surface area contributed by atoms with Gasteiger partial charge >= 0.3 is 12.0 Å². The lowest BCUT2D eigenvalue weighted by molar-refractivity contribution is -0.123. The van der Waals surface area contributed by atoms with Crippen LogP contribution in [0.2, 0.25) is 0 Å². The van der Waals surface area contributed by atoms with Gasteiger partial charge in [0.1, 0.15) is 17.3 Å². The molecule has 2 aromatic rings. The van der Waals surface area contributed by atoms with Gasteiger partial charge < -0.3 is 20.7 Å². The molecule has 1 atom stereocenters. The fraction of sp³-hybridized carbons (Fsp3) is 0.286. The molecule has 0 unspecified atom stereocenters. The highest BCUT2D eigenvalue weighted by atomic mass is 19.1. The van der Waals surface area contributed by atoms with Crippen molar-refractivity contribution in [1.82, 2.24) is 10.6 Å². The molecular formula is C21H23F2N3O4. The van der Waals surface area contributed by atoms with Crippen LogP contribution in [0.3, 0.4) is 0 Å². The average molecular weight is 419 g/mol. The molecule has 2 rings (SSSR count). The predicted octanol–water partition coefficient (Wildman–Crippen LogP) is 3.36. The molecule has 30 heavy (non-hydrogen) atoms. The van der Waals surface area contributed by atoms with Crippen molar-refractivity contribution in [3.63, 3.8) is 0 Å². The summed E-state index contributed by atoms with van der Waals surface area (Å²) in [5, 5.41) is 7.44. The van der Waals surface area contributed by atoms with Crippen LogP contribution in [-0.2, 0) is 16.1 Å². The van der Waals surface area contributed by atoms with Crippen molar-refractivity contribution < 1.29 is 27.9 Å². The number of carbonyl (C=O) groups excluding carboxylic acids is 3. The highest BCUT2D eigenvalue weighted by molar-refractivity contribution is 5.97. The number of amides is 3. The summed E-state index contributed by atoms with van der Waals surface area (Å²) in [4.78, 5) is 35.9. The lowest BCUT2D eigenvalue weighted by Gasteiger charge is -2.14. The molecule has 0 aliphatic rings. The van der Waals surface area contributed by atoms with Gasteiger partial charge in [-0.05, 0) is 50.6 Å². The Morgan fingerprint density at radius 3 is 2.13 bits per heavy atom. The Morgan fingerprint density at radius 1 is 0.967 bits per heavy atom. The Kier molecular flexibility index (Phi) is 7.85. The minimum Gasteiger partial charge on any atom is -0.449 e. The van der Waals surface area contributed by atoms with E-state index in [4.69, 9.17) is 4.74 Å². The van der Waals surface area contributed by atoms with Gasteiger partial charge in [0.2, 0.25) is 0 Å². The normalized spacial score (nSPS) is 11.5. The van der Waals surface area contributed by atoms with Crippen LogP contribution >= 0.6 is 0 Å². The molecule has 0 aliphatic carbocycles. The quantitative estimate of drug-likeness (QED) is 0.600. The standard InChI is InChI=1S/C21H23F2N3O4/c1-12(2)25-21(29)24-11-14-7-9-15(10-8-14)20(28)30-13(3)19(27)26-18-16(22)5-4-6-17(18)23/h4-10,12-13H,11H2,1-3H3,(H,26,27)(H2,24,25,29)/t13-/m1/s1. The van der Waals surface area contributed by atoms with Crippen molar-refractivity contribution in [3.05, 3.63) is 65.2 Å². The first-order chi connectivity index (χ1) is 14.2. The topological polar surface area (TPSA) is 96.5 Å². The van der Waals surface area contributed by atoms with E-state index >= 15 is 0 Å². The average Bonchev–Trinajstić information content (AvgIpc) is 2.69. The summed E-state index contributed by atoms with van der Waals surface area (Å²) < 4.78 is 32.3. The lowest BCUT2D eigenvalue weighted by Crippen LogP contribution is -2.39. The molecule has 3 N–H and O–H groups in total. The maximum atomic E-state index is 13.6. The van der Waals surface area contributed by atoms with Gasteiger partial charge in [-0.1, -0.05) is 18.2 Å². The Bertz CT molecular complexity index is 897. The molecule has 3 amide bonds. The van der Waals surface area contributed by atoms with Crippen LogP contribution in [-0.4, -0.2) is 30.1 Å². The Morgan fingerprint density at radius 2 is 1.57 bits per heavy atom. The largest absolute Gasteiger partial charge is 0.449 e. The van der Waals surface area contributed by atoms with Gasteiger partial charge in [0.25, 0.3) is 5.91 Å². The zero-order valence-electron chi connectivity index (χ0n) is 16.8. The van der Waals surface area contributed by atoms with Gasteiger partial charge in [-0.15, -0.1) is 0 Å². The highest BCUT2D eigenvalue weighted by Crippen LogP contribution is 2.18. The summed E-state index contributed by atoms with van der Waals surface area (Å²) in [6, 6.07) is 9.10. The zero-order chi connectivity index (χ0) is 22.3. The maximum absolute atomic E-state index is 13.6. The van der Waals surface area contributed by atoms with E-state index in [1.165, 1.54) is 25.1 Å². The number of hydrogen-bond donors (Lipinski definition) is 3. The van der Waals surface area contributed by atoms with Gasteiger partial charge in [-0.25, -0.2) is 18.4 Å². The van der Waals surface area contributed by atoms with Crippen LogP contribution in [0.15, 0.2) is 42.5 Å². The SMILES string of the molecule is CC(C)NC(=O)NCc1ccc(C(=O)O[C@H](C)C(=O)Nc2c(F)cccc2F)cc1. The molecule has 0 fully saturated rings. The predicted molar refractivity (Wildman–Crippen MR) is 107 cm³/mol. The van der Waals surface area contributed by atoms with Crippen LogP contribution in [0.1, 0.15) is 36.7 Å². The smallest absolute Gasteiger partial charge is 0.338 e. The molecule has 0 aromatic heterocycles. The maximum Gasteiger partial charge on any atom is 0.338 e. The first-order valence-corrected chi connectivity index (χ1v) is 9.26. The Labute approximate surface area is 172 Å². The first kappa shape index (κ1) is 22.8. The van der Waals surface area contributed by atoms with Crippen LogP contribution in [0.25, 0.3) is 0 Å². The number of esters is 1. The Hall–Kier alpha value is -3.49. The molecule has 0 saturated carbocycles. The number of nitrogens with one attached hydrogen (secondary N) is 3. The summed E-state index contributed by atoms with van der Waals surface area (Å²) in [6.45, 7) is 5.24. The number of para-hydroxylation sites is 1. The fourth-order valence-corrected chi connectivity index (χ4v) is 2.38. The molecule has 0 spiro atoms. The third kappa shape index (κ3) is 6.54. The van der Waals surface area contributed by atoms with Crippen LogP contribution in [0, 0.1) is 11.6 Å². The first-order valence-electron chi connectivity index (χ1n) is 9.26. The molecule has 2 aromatic carbocycles. The van der Waals surface area contributed by atoms with E-state index < -0.39 is 35.3 Å².